The van der Waals surface area contributed by atoms with E-state index < -0.39 is 0 Å². The molecule has 298 valence electrons. The summed E-state index contributed by atoms with van der Waals surface area (Å²) in [5.41, 5.74) is 4.24. The lowest BCUT2D eigenvalue weighted by Crippen LogP contribution is -2.47. The second-order valence-electron chi connectivity index (χ2n) is 16.1. The lowest BCUT2D eigenvalue weighted by atomic mass is 9.82. The normalized spacial score (nSPS) is 28.2. The molecule has 4 saturated heterocycles. The molecule has 0 N–H and O–H groups in total. The van der Waals surface area contributed by atoms with Crippen molar-refractivity contribution in [2.75, 3.05) is 55.7 Å². The van der Waals surface area contributed by atoms with Crippen LogP contribution in [0.4, 0.5) is 11.4 Å². The van der Waals surface area contributed by atoms with Crippen LogP contribution in [0.2, 0.25) is 0 Å². The van der Waals surface area contributed by atoms with E-state index in [9.17, 15) is 9.59 Å². The summed E-state index contributed by atoms with van der Waals surface area (Å²) >= 11 is 0. The summed E-state index contributed by atoms with van der Waals surface area (Å²) in [5, 5.41) is 0. The van der Waals surface area contributed by atoms with Crippen molar-refractivity contribution in [1.82, 2.24) is 9.80 Å². The van der Waals surface area contributed by atoms with Gasteiger partial charge in [-0.2, -0.15) is 0 Å². The van der Waals surface area contributed by atoms with Crippen LogP contribution in [0.15, 0.2) is 70.0 Å². The number of benzene rings is 2. The van der Waals surface area contributed by atoms with E-state index in [1.807, 2.05) is 26.0 Å². The van der Waals surface area contributed by atoms with Gasteiger partial charge in [0.05, 0.1) is 24.8 Å². The molecule has 2 saturated carbocycles. The predicted molar refractivity (Wildman–Crippen MR) is 221 cm³/mol. The second kappa shape index (κ2) is 17.7. The molecule has 11 nitrogen and oxygen atoms in total. The van der Waals surface area contributed by atoms with Crippen molar-refractivity contribution in [3.63, 3.8) is 0 Å². The fourth-order valence-electron chi connectivity index (χ4n) is 9.16. The van der Waals surface area contributed by atoms with Gasteiger partial charge in [-0.05, 0) is 119 Å². The van der Waals surface area contributed by atoms with Gasteiger partial charge in [-0.15, -0.1) is 0 Å². The van der Waals surface area contributed by atoms with Gasteiger partial charge < -0.3 is 24.0 Å². The third-order valence-corrected chi connectivity index (χ3v) is 12.3. The number of piperidine rings is 1. The number of hydrogen-bond acceptors (Lipinski definition) is 9. The van der Waals surface area contributed by atoms with Crippen molar-refractivity contribution >= 4 is 47.4 Å². The summed E-state index contributed by atoms with van der Waals surface area (Å²) in [5.74, 6) is 0.760. The maximum absolute atomic E-state index is 13.4. The number of morpholine rings is 1. The fraction of sp³-hybridized carbons (Fsp3) is 0.556. The molecule has 0 aromatic heterocycles. The molecule has 3 atom stereocenters. The van der Waals surface area contributed by atoms with E-state index in [1.165, 1.54) is 44.2 Å². The Hall–Kier alpha value is -4.64. The van der Waals surface area contributed by atoms with Crippen LogP contribution in [0.25, 0.3) is 12.2 Å². The van der Waals surface area contributed by atoms with Gasteiger partial charge in [-0.3, -0.25) is 19.4 Å². The van der Waals surface area contributed by atoms with Crippen LogP contribution in [0, 0.1) is 5.92 Å². The van der Waals surface area contributed by atoms with Gasteiger partial charge in [0.25, 0.3) is 11.8 Å². The number of nitrogens with zero attached hydrogens (tertiary/aromatic N) is 6. The van der Waals surface area contributed by atoms with Crippen LogP contribution in [0.1, 0.15) is 102 Å². The van der Waals surface area contributed by atoms with Crippen molar-refractivity contribution in [3.05, 3.63) is 71.2 Å². The third kappa shape index (κ3) is 8.67. The number of aliphatic imine (C=N–C) groups is 2. The standard InChI is InChI=1S/C45H58N6O5/c1-3-50-42(52)39(55-44(50)46-35-13-7-5-8-14-35)29-33-18-22-38(23-19-33)49-26-27-54-41(31-49)34-12-11-15-36(30-34)47-45-51(4-2)43(53)40(56-45)28-32-16-20-37(21-17-32)48-24-9-6-10-25-48/h16-23,28-29,34-36,41H,3-15,24-27,30-31H2,1-2H3/b39-29+,40-28+,46-44+,47-45+. The third-order valence-electron chi connectivity index (χ3n) is 12.3. The van der Waals surface area contributed by atoms with Crippen LogP contribution >= 0.6 is 0 Å². The van der Waals surface area contributed by atoms with Gasteiger partial charge in [0.1, 0.15) is 0 Å². The predicted octanol–water partition coefficient (Wildman–Crippen LogP) is 7.63. The van der Waals surface area contributed by atoms with Crippen LogP contribution in [-0.4, -0.2) is 97.7 Å². The Labute approximate surface area is 332 Å². The minimum atomic E-state index is -0.134. The first-order chi connectivity index (χ1) is 27.4. The monoisotopic (exact) mass is 762 g/mol. The zero-order chi connectivity index (χ0) is 38.4. The number of rotatable bonds is 9. The minimum absolute atomic E-state index is 0.0671. The van der Waals surface area contributed by atoms with Crippen LogP contribution in [-0.2, 0) is 23.8 Å². The van der Waals surface area contributed by atoms with Crippen molar-refractivity contribution in [3.8, 4) is 0 Å². The molecule has 6 aliphatic rings. The van der Waals surface area contributed by atoms with Gasteiger partial charge in [0, 0.05) is 50.6 Å². The second-order valence-corrected chi connectivity index (χ2v) is 16.1. The molecule has 3 unspecified atom stereocenters. The zero-order valence-electron chi connectivity index (χ0n) is 33.2. The summed E-state index contributed by atoms with van der Waals surface area (Å²) in [6.07, 6.45) is 17.3. The highest BCUT2D eigenvalue weighted by atomic mass is 16.5. The fourth-order valence-corrected chi connectivity index (χ4v) is 9.16. The number of amidine groups is 2. The summed E-state index contributed by atoms with van der Waals surface area (Å²) in [4.78, 5) is 44.6. The Kier molecular flexibility index (Phi) is 12.1. The first-order valence-corrected chi connectivity index (χ1v) is 21.4. The molecule has 6 fully saturated rings. The van der Waals surface area contributed by atoms with E-state index in [0.717, 1.165) is 81.5 Å². The molecule has 11 heteroatoms. The first-order valence-electron chi connectivity index (χ1n) is 21.4. The number of ether oxygens (including phenoxy) is 3. The quantitative estimate of drug-likeness (QED) is 0.243. The zero-order valence-corrected chi connectivity index (χ0v) is 33.2. The number of likely N-dealkylation sites (N-methyl/N-ethyl adjacent to an activating group) is 2. The Morgan fingerprint density at radius 1 is 0.625 bits per heavy atom. The summed E-state index contributed by atoms with van der Waals surface area (Å²) in [6, 6.07) is 18.0. The van der Waals surface area contributed by atoms with E-state index in [-0.39, 0.29) is 30.0 Å². The molecule has 2 aromatic carbocycles. The molecule has 8 rings (SSSR count). The van der Waals surface area contributed by atoms with Crippen molar-refractivity contribution < 1.29 is 23.8 Å². The Bertz CT molecular complexity index is 1830. The molecule has 0 bridgehead atoms. The molecule has 4 heterocycles. The first kappa shape index (κ1) is 38.2. The molecule has 0 spiro atoms. The van der Waals surface area contributed by atoms with E-state index in [4.69, 9.17) is 24.2 Å². The van der Waals surface area contributed by atoms with Crippen LogP contribution < -0.4 is 9.80 Å². The SMILES string of the molecule is CCN1C(=O)/C(=C\c2ccc(N3CCOC(C4CCCC(/N=C5/O/C(=C/c6ccc(N7CCCCC7)cc6)C(=O)N5CC)C4)C3)cc2)O/C1=N/C1CCCCC1. The largest absolute Gasteiger partial charge is 0.420 e. The number of anilines is 2. The molecule has 2 amide bonds. The topological polar surface area (TPSA) is 99.5 Å². The van der Waals surface area contributed by atoms with Crippen LogP contribution in [0.5, 0.6) is 0 Å². The highest BCUT2D eigenvalue weighted by molar-refractivity contribution is 6.12. The Morgan fingerprint density at radius 2 is 1.16 bits per heavy atom. The number of amides is 2. The maximum atomic E-state index is 13.4. The average Bonchev–Trinajstić information content (AvgIpc) is 3.70. The Balaban J connectivity index is 0.883. The van der Waals surface area contributed by atoms with E-state index in [0.29, 0.717) is 49.2 Å². The molecular formula is C45H58N6O5. The van der Waals surface area contributed by atoms with Gasteiger partial charge in [0.2, 0.25) is 0 Å². The number of carbonyl (C=O) groups is 2. The van der Waals surface area contributed by atoms with Crippen molar-refractivity contribution in [1.29, 1.82) is 0 Å². The lowest BCUT2D eigenvalue weighted by Gasteiger charge is -2.40. The summed E-state index contributed by atoms with van der Waals surface area (Å²) in [7, 11) is 0. The molecule has 2 aliphatic carbocycles. The number of carbonyl (C=O) groups excluding carboxylic acids is 2. The van der Waals surface area contributed by atoms with E-state index in [1.54, 1.807) is 9.80 Å². The van der Waals surface area contributed by atoms with E-state index >= 15 is 0 Å². The van der Waals surface area contributed by atoms with Crippen LogP contribution in [0.3, 0.4) is 0 Å². The lowest BCUT2D eigenvalue weighted by molar-refractivity contribution is -0.123. The van der Waals surface area contributed by atoms with Gasteiger partial charge in [-0.25, -0.2) is 9.98 Å². The number of hydrogen-bond donors (Lipinski definition) is 0. The highest BCUT2D eigenvalue weighted by Gasteiger charge is 2.38. The van der Waals surface area contributed by atoms with Gasteiger partial charge >= 0.3 is 12.0 Å². The minimum Gasteiger partial charge on any atom is -0.420 e. The van der Waals surface area contributed by atoms with Gasteiger partial charge in [0.15, 0.2) is 11.5 Å². The van der Waals surface area contributed by atoms with Crippen molar-refractivity contribution in [2.24, 2.45) is 15.9 Å². The summed E-state index contributed by atoms with van der Waals surface area (Å²) < 4.78 is 18.6. The van der Waals surface area contributed by atoms with Gasteiger partial charge in [-0.1, -0.05) is 49.9 Å². The highest BCUT2D eigenvalue weighted by Crippen LogP contribution is 2.34. The van der Waals surface area contributed by atoms with E-state index in [2.05, 4.69) is 58.3 Å². The molecule has 4 aliphatic heterocycles. The smallest absolute Gasteiger partial charge is 0.300 e. The van der Waals surface area contributed by atoms with Crippen molar-refractivity contribution in [2.45, 2.75) is 109 Å². The molecule has 2 aromatic rings. The maximum Gasteiger partial charge on any atom is 0.300 e. The average molecular weight is 763 g/mol. The molecule has 0 radical (unpaired) electrons. The summed E-state index contributed by atoms with van der Waals surface area (Å²) in [6.45, 7) is 9.46. The molecule has 56 heavy (non-hydrogen) atoms. The Morgan fingerprint density at radius 3 is 1.75 bits per heavy atom. The molecular weight excluding hydrogens is 705 g/mol.